The zero-order valence-electron chi connectivity index (χ0n) is 18.1. The number of nitrogens with one attached hydrogen (secondary N) is 1. The van der Waals surface area contributed by atoms with E-state index in [1.54, 1.807) is 0 Å². The van der Waals surface area contributed by atoms with Gasteiger partial charge in [-0.2, -0.15) is 0 Å². The summed E-state index contributed by atoms with van der Waals surface area (Å²) in [6, 6.07) is 8.20. The Hall–Kier alpha value is -1.14. The average molecular weight is 421 g/mol. The van der Waals surface area contributed by atoms with E-state index in [9.17, 15) is 4.79 Å². The van der Waals surface area contributed by atoms with Crippen molar-refractivity contribution < 1.29 is 4.79 Å². The van der Waals surface area contributed by atoms with Gasteiger partial charge in [0.2, 0.25) is 5.91 Å². The van der Waals surface area contributed by atoms with Gasteiger partial charge in [0.1, 0.15) is 0 Å². The summed E-state index contributed by atoms with van der Waals surface area (Å²) in [6.07, 6.45) is 6.12. The van der Waals surface area contributed by atoms with Gasteiger partial charge in [-0.25, -0.2) is 0 Å². The van der Waals surface area contributed by atoms with E-state index in [0.29, 0.717) is 13.1 Å². The number of likely N-dealkylation sites (tertiary alicyclic amines) is 2. The minimum Gasteiger partial charge on any atom is -0.353 e. The molecule has 1 atom stereocenters. The molecule has 2 fully saturated rings. The number of hydrogen-bond acceptors (Lipinski definition) is 4. The largest absolute Gasteiger partial charge is 0.353 e. The second kappa shape index (κ2) is 11.3. The van der Waals surface area contributed by atoms with Crippen LogP contribution in [0.5, 0.6) is 0 Å². The zero-order valence-corrected chi connectivity index (χ0v) is 18.8. The van der Waals surface area contributed by atoms with Crippen LogP contribution in [0.25, 0.3) is 0 Å². The maximum atomic E-state index is 12.6. The first-order valence-corrected chi connectivity index (χ1v) is 11.5. The molecule has 1 aromatic carbocycles. The molecule has 2 aliphatic heterocycles. The van der Waals surface area contributed by atoms with E-state index in [4.69, 9.17) is 11.6 Å². The SMILES string of the molecule is CN(C)CCC1CCN(CC(=O)NCC(c2ccccc2Cl)N2CCCC2)CC1. The van der Waals surface area contributed by atoms with E-state index in [-0.39, 0.29) is 11.9 Å². The zero-order chi connectivity index (χ0) is 20.6. The molecule has 0 bridgehead atoms. The van der Waals surface area contributed by atoms with Gasteiger partial charge in [-0.05, 0) is 96.5 Å². The number of hydrogen-bond donors (Lipinski definition) is 1. The lowest BCUT2D eigenvalue weighted by molar-refractivity contribution is -0.122. The van der Waals surface area contributed by atoms with E-state index in [0.717, 1.165) is 49.2 Å². The summed E-state index contributed by atoms with van der Waals surface area (Å²) in [5.41, 5.74) is 1.12. The lowest BCUT2D eigenvalue weighted by atomic mass is 9.93. The van der Waals surface area contributed by atoms with Crippen LogP contribution in [0.1, 0.15) is 43.7 Å². The van der Waals surface area contributed by atoms with Gasteiger partial charge in [0, 0.05) is 11.6 Å². The minimum absolute atomic E-state index is 0.132. The molecule has 0 radical (unpaired) electrons. The van der Waals surface area contributed by atoms with E-state index in [1.165, 1.54) is 32.1 Å². The summed E-state index contributed by atoms with van der Waals surface area (Å²) >= 11 is 6.48. The number of carbonyl (C=O) groups excluding carboxylic acids is 1. The topological polar surface area (TPSA) is 38.8 Å². The van der Waals surface area contributed by atoms with E-state index >= 15 is 0 Å². The molecule has 1 unspecified atom stereocenters. The third-order valence-electron chi connectivity index (χ3n) is 6.40. The summed E-state index contributed by atoms with van der Waals surface area (Å²) in [5.74, 6) is 0.935. The number of nitrogens with zero attached hydrogens (tertiary/aromatic N) is 3. The lowest BCUT2D eigenvalue weighted by Gasteiger charge is -2.32. The molecule has 0 saturated carbocycles. The first-order chi connectivity index (χ1) is 14.0. The fourth-order valence-corrected chi connectivity index (χ4v) is 4.84. The monoisotopic (exact) mass is 420 g/mol. The Kier molecular flexibility index (Phi) is 8.79. The van der Waals surface area contributed by atoms with Crippen LogP contribution in [0.2, 0.25) is 5.02 Å². The highest BCUT2D eigenvalue weighted by molar-refractivity contribution is 6.31. The molecule has 0 spiro atoms. The lowest BCUT2D eigenvalue weighted by Crippen LogP contribution is -2.44. The second-order valence-corrected chi connectivity index (χ2v) is 9.30. The summed E-state index contributed by atoms with van der Waals surface area (Å²) in [6.45, 7) is 6.51. The van der Waals surface area contributed by atoms with E-state index in [2.05, 4.69) is 40.2 Å². The molecule has 29 heavy (non-hydrogen) atoms. The number of piperidine rings is 1. The van der Waals surface area contributed by atoms with Crippen molar-refractivity contribution in [1.82, 2.24) is 20.0 Å². The molecule has 0 aliphatic carbocycles. The van der Waals surface area contributed by atoms with Gasteiger partial charge in [0.25, 0.3) is 0 Å². The molecule has 162 valence electrons. The molecule has 0 aromatic heterocycles. The summed E-state index contributed by atoms with van der Waals surface area (Å²) in [4.78, 5) is 19.7. The molecule has 1 aromatic rings. The predicted molar refractivity (Wildman–Crippen MR) is 120 cm³/mol. The van der Waals surface area contributed by atoms with Crippen molar-refractivity contribution >= 4 is 17.5 Å². The molecule has 5 nitrogen and oxygen atoms in total. The van der Waals surface area contributed by atoms with Crippen LogP contribution >= 0.6 is 11.6 Å². The first-order valence-electron chi connectivity index (χ1n) is 11.1. The van der Waals surface area contributed by atoms with Crippen LogP contribution in [0, 0.1) is 5.92 Å². The highest BCUT2D eigenvalue weighted by atomic mass is 35.5. The molecule has 3 rings (SSSR count). The van der Waals surface area contributed by atoms with Crippen LogP contribution in [0.4, 0.5) is 0 Å². The smallest absolute Gasteiger partial charge is 0.234 e. The van der Waals surface area contributed by atoms with E-state index < -0.39 is 0 Å². The minimum atomic E-state index is 0.132. The Morgan fingerprint density at radius 3 is 2.52 bits per heavy atom. The molecule has 1 amide bonds. The summed E-state index contributed by atoms with van der Waals surface area (Å²) < 4.78 is 0. The van der Waals surface area contributed by atoms with Crippen molar-refractivity contribution in [3.05, 3.63) is 34.9 Å². The number of benzene rings is 1. The molecule has 2 saturated heterocycles. The summed E-state index contributed by atoms with van der Waals surface area (Å²) in [7, 11) is 4.27. The van der Waals surface area contributed by atoms with Gasteiger partial charge in [-0.1, -0.05) is 29.8 Å². The van der Waals surface area contributed by atoms with E-state index in [1.807, 2.05) is 18.2 Å². The molecule has 6 heteroatoms. The van der Waals surface area contributed by atoms with Crippen molar-refractivity contribution in [1.29, 1.82) is 0 Å². The fraction of sp³-hybridized carbons (Fsp3) is 0.696. The maximum absolute atomic E-state index is 12.6. The van der Waals surface area contributed by atoms with Crippen LogP contribution in [0.3, 0.4) is 0 Å². The average Bonchev–Trinajstić information content (AvgIpc) is 3.23. The third kappa shape index (κ3) is 6.95. The Labute approximate surface area is 181 Å². The van der Waals surface area contributed by atoms with Gasteiger partial charge in [0.15, 0.2) is 0 Å². The van der Waals surface area contributed by atoms with Crippen molar-refractivity contribution in [3.8, 4) is 0 Å². The molecule has 1 N–H and O–H groups in total. The van der Waals surface area contributed by atoms with Crippen LogP contribution in [0.15, 0.2) is 24.3 Å². The Balaban J connectivity index is 1.46. The van der Waals surface area contributed by atoms with Gasteiger partial charge in [-0.3, -0.25) is 14.6 Å². The molecular weight excluding hydrogens is 384 g/mol. The van der Waals surface area contributed by atoms with Crippen LogP contribution in [-0.2, 0) is 4.79 Å². The standard InChI is InChI=1S/C23H37ClN4O/c1-26(2)14-9-19-10-15-27(16-11-19)18-23(29)25-17-22(28-12-5-6-13-28)20-7-3-4-8-21(20)24/h3-4,7-8,19,22H,5-6,9-18H2,1-2H3,(H,25,29). The third-order valence-corrected chi connectivity index (χ3v) is 6.74. The van der Waals surface area contributed by atoms with Gasteiger partial charge in [0.05, 0.1) is 12.6 Å². The molecule has 2 aliphatic rings. The predicted octanol–water partition coefficient (Wildman–Crippen LogP) is 3.26. The second-order valence-electron chi connectivity index (χ2n) is 8.90. The quantitative estimate of drug-likeness (QED) is 0.665. The number of halogens is 1. The molecule has 2 heterocycles. The number of rotatable bonds is 9. The Morgan fingerprint density at radius 1 is 1.17 bits per heavy atom. The van der Waals surface area contributed by atoms with Gasteiger partial charge in [-0.15, -0.1) is 0 Å². The van der Waals surface area contributed by atoms with Crippen molar-refractivity contribution in [2.45, 2.75) is 38.1 Å². The van der Waals surface area contributed by atoms with Gasteiger partial charge < -0.3 is 10.2 Å². The first kappa shape index (κ1) is 22.5. The van der Waals surface area contributed by atoms with Crippen molar-refractivity contribution in [3.63, 3.8) is 0 Å². The summed E-state index contributed by atoms with van der Waals surface area (Å²) in [5, 5.41) is 3.99. The van der Waals surface area contributed by atoms with Gasteiger partial charge >= 0.3 is 0 Å². The van der Waals surface area contributed by atoms with Crippen LogP contribution in [-0.4, -0.2) is 80.5 Å². The van der Waals surface area contributed by atoms with Crippen molar-refractivity contribution in [2.24, 2.45) is 5.92 Å². The fourth-order valence-electron chi connectivity index (χ4n) is 4.58. The maximum Gasteiger partial charge on any atom is 0.234 e. The van der Waals surface area contributed by atoms with Crippen molar-refractivity contribution in [2.75, 3.05) is 59.9 Å². The Bertz CT molecular complexity index is 640. The number of amides is 1. The highest BCUT2D eigenvalue weighted by Gasteiger charge is 2.26. The number of carbonyl (C=O) groups is 1. The Morgan fingerprint density at radius 2 is 1.86 bits per heavy atom. The molecular formula is C23H37ClN4O. The highest BCUT2D eigenvalue weighted by Crippen LogP contribution is 2.29. The van der Waals surface area contributed by atoms with Crippen LogP contribution < -0.4 is 5.32 Å². The normalized spacial score (nSPS) is 20.3.